The Morgan fingerprint density at radius 3 is 2.53 bits per heavy atom. The smallest absolute Gasteiger partial charge is 0.110 e. The van der Waals surface area contributed by atoms with Crippen molar-refractivity contribution in [1.82, 2.24) is 9.55 Å². The van der Waals surface area contributed by atoms with Crippen LogP contribution in [0.4, 0.5) is 0 Å². The molecule has 0 fully saturated rings. The Labute approximate surface area is 115 Å². The van der Waals surface area contributed by atoms with Crippen molar-refractivity contribution in [3.8, 4) is 0 Å². The summed E-state index contributed by atoms with van der Waals surface area (Å²) in [5.41, 5.74) is 8.47. The molecule has 0 saturated heterocycles. The largest absolute Gasteiger partial charge is 0.328 e. The normalized spacial score (nSPS) is 13.9. The highest BCUT2D eigenvalue weighted by Crippen LogP contribution is 2.33. The van der Waals surface area contributed by atoms with Gasteiger partial charge in [0.15, 0.2) is 0 Å². The van der Waals surface area contributed by atoms with Crippen LogP contribution in [-0.2, 0) is 6.42 Å². The second-order valence-corrected chi connectivity index (χ2v) is 6.25. The molecule has 0 aliphatic heterocycles. The van der Waals surface area contributed by atoms with Crippen LogP contribution in [0.5, 0.6) is 0 Å². The van der Waals surface area contributed by atoms with Crippen LogP contribution in [0.1, 0.15) is 46.0 Å². The minimum absolute atomic E-state index is 0.126. The fourth-order valence-corrected chi connectivity index (χ4v) is 2.69. The van der Waals surface area contributed by atoms with Gasteiger partial charge in [0.2, 0.25) is 0 Å². The van der Waals surface area contributed by atoms with E-state index in [4.69, 9.17) is 10.7 Å². The molecule has 1 heterocycles. The van der Waals surface area contributed by atoms with Gasteiger partial charge in [0, 0.05) is 13.0 Å². The van der Waals surface area contributed by atoms with Gasteiger partial charge in [0.25, 0.3) is 0 Å². The average Bonchev–Trinajstić information content (AvgIpc) is 2.68. The number of rotatable bonds is 4. The zero-order valence-corrected chi connectivity index (χ0v) is 12.5. The standard InChI is InChI=1S/C16H25N3/c1-5-8-15-18-12-9-6-7-10-13(12)19(15)14(11-17)16(2,3)4/h6-7,9-10,14H,5,8,11,17H2,1-4H3. The molecule has 0 saturated carbocycles. The molecule has 3 nitrogen and oxygen atoms in total. The van der Waals surface area contributed by atoms with Crippen LogP contribution < -0.4 is 5.73 Å². The molecule has 1 aromatic heterocycles. The molecular formula is C16H25N3. The van der Waals surface area contributed by atoms with Gasteiger partial charge in [-0.05, 0) is 24.0 Å². The van der Waals surface area contributed by atoms with Crippen LogP contribution in [0.25, 0.3) is 11.0 Å². The van der Waals surface area contributed by atoms with E-state index in [1.165, 1.54) is 5.52 Å². The number of hydrogen-bond donors (Lipinski definition) is 1. The van der Waals surface area contributed by atoms with Gasteiger partial charge in [-0.15, -0.1) is 0 Å². The van der Waals surface area contributed by atoms with Crippen molar-refractivity contribution in [1.29, 1.82) is 0 Å². The summed E-state index contributed by atoms with van der Waals surface area (Å²) in [4.78, 5) is 4.79. The summed E-state index contributed by atoms with van der Waals surface area (Å²) in [6, 6.07) is 8.63. The number of hydrogen-bond acceptors (Lipinski definition) is 2. The molecule has 2 aromatic rings. The van der Waals surface area contributed by atoms with E-state index in [9.17, 15) is 0 Å². The van der Waals surface area contributed by atoms with E-state index in [0.717, 1.165) is 24.2 Å². The van der Waals surface area contributed by atoms with Crippen LogP contribution in [0, 0.1) is 5.41 Å². The van der Waals surface area contributed by atoms with Crippen molar-refractivity contribution in [3.05, 3.63) is 30.1 Å². The summed E-state index contributed by atoms with van der Waals surface area (Å²) in [6.45, 7) is 9.57. The average molecular weight is 259 g/mol. The summed E-state index contributed by atoms with van der Waals surface area (Å²) in [7, 11) is 0. The maximum Gasteiger partial charge on any atom is 0.110 e. The lowest BCUT2D eigenvalue weighted by Crippen LogP contribution is -2.32. The first-order valence-electron chi connectivity index (χ1n) is 7.15. The first kappa shape index (κ1) is 14.1. The SMILES string of the molecule is CCCc1nc2ccccc2n1C(CN)C(C)(C)C. The molecular weight excluding hydrogens is 234 g/mol. The monoisotopic (exact) mass is 259 g/mol. The third kappa shape index (κ3) is 2.66. The Bertz CT molecular complexity index is 549. The van der Waals surface area contributed by atoms with E-state index < -0.39 is 0 Å². The number of para-hydroxylation sites is 2. The van der Waals surface area contributed by atoms with Crippen molar-refractivity contribution in [2.75, 3.05) is 6.54 Å². The maximum absolute atomic E-state index is 6.06. The summed E-state index contributed by atoms with van der Waals surface area (Å²) in [6.07, 6.45) is 2.10. The second kappa shape index (κ2) is 5.33. The molecule has 0 spiro atoms. The predicted octanol–water partition coefficient (Wildman–Crippen LogP) is 3.53. The summed E-state index contributed by atoms with van der Waals surface area (Å²) in [5, 5.41) is 0. The van der Waals surface area contributed by atoms with Gasteiger partial charge in [0.05, 0.1) is 17.1 Å². The van der Waals surface area contributed by atoms with Gasteiger partial charge in [-0.3, -0.25) is 0 Å². The molecule has 1 atom stereocenters. The molecule has 104 valence electrons. The van der Waals surface area contributed by atoms with E-state index in [0.29, 0.717) is 6.54 Å². The molecule has 0 aliphatic carbocycles. The quantitative estimate of drug-likeness (QED) is 0.912. The molecule has 0 bridgehead atoms. The fourth-order valence-electron chi connectivity index (χ4n) is 2.69. The van der Waals surface area contributed by atoms with E-state index in [1.54, 1.807) is 0 Å². The molecule has 3 heteroatoms. The van der Waals surface area contributed by atoms with Gasteiger partial charge < -0.3 is 10.3 Å². The highest BCUT2D eigenvalue weighted by atomic mass is 15.1. The Balaban J connectivity index is 2.64. The number of aryl methyl sites for hydroxylation is 1. The van der Waals surface area contributed by atoms with Crippen molar-refractivity contribution in [3.63, 3.8) is 0 Å². The first-order valence-corrected chi connectivity index (χ1v) is 7.15. The summed E-state index contributed by atoms with van der Waals surface area (Å²) >= 11 is 0. The lowest BCUT2D eigenvalue weighted by atomic mass is 9.86. The Kier molecular flexibility index (Phi) is 3.95. The number of nitrogens with two attached hydrogens (primary N) is 1. The molecule has 1 aromatic carbocycles. The van der Waals surface area contributed by atoms with Crippen LogP contribution in [-0.4, -0.2) is 16.1 Å². The molecule has 19 heavy (non-hydrogen) atoms. The van der Waals surface area contributed by atoms with E-state index in [-0.39, 0.29) is 11.5 Å². The molecule has 0 aliphatic rings. The number of nitrogens with zero attached hydrogens (tertiary/aromatic N) is 2. The summed E-state index contributed by atoms with van der Waals surface area (Å²) < 4.78 is 2.36. The topological polar surface area (TPSA) is 43.8 Å². The molecule has 2 N–H and O–H groups in total. The maximum atomic E-state index is 6.06. The second-order valence-electron chi connectivity index (χ2n) is 6.25. The molecule has 2 rings (SSSR count). The lowest BCUT2D eigenvalue weighted by Gasteiger charge is -2.32. The van der Waals surface area contributed by atoms with Gasteiger partial charge in [-0.25, -0.2) is 4.98 Å². The lowest BCUT2D eigenvalue weighted by molar-refractivity contribution is 0.249. The van der Waals surface area contributed by atoms with Crippen LogP contribution >= 0.6 is 0 Å². The predicted molar refractivity (Wildman–Crippen MR) is 81.3 cm³/mol. The zero-order valence-electron chi connectivity index (χ0n) is 12.5. The number of benzene rings is 1. The first-order chi connectivity index (χ1) is 8.99. The van der Waals surface area contributed by atoms with Crippen LogP contribution in [0.3, 0.4) is 0 Å². The van der Waals surface area contributed by atoms with E-state index in [2.05, 4.69) is 50.5 Å². The highest BCUT2D eigenvalue weighted by molar-refractivity contribution is 5.76. The van der Waals surface area contributed by atoms with E-state index >= 15 is 0 Å². The van der Waals surface area contributed by atoms with Crippen molar-refractivity contribution >= 4 is 11.0 Å². The van der Waals surface area contributed by atoms with Gasteiger partial charge in [0.1, 0.15) is 5.82 Å². The zero-order chi connectivity index (χ0) is 14.0. The Hall–Kier alpha value is -1.35. The van der Waals surface area contributed by atoms with Crippen molar-refractivity contribution in [2.45, 2.75) is 46.6 Å². The minimum atomic E-state index is 0.126. The van der Waals surface area contributed by atoms with Gasteiger partial charge >= 0.3 is 0 Å². The van der Waals surface area contributed by atoms with E-state index in [1.807, 2.05) is 6.07 Å². The fraction of sp³-hybridized carbons (Fsp3) is 0.562. The third-order valence-corrected chi connectivity index (χ3v) is 3.68. The number of fused-ring (bicyclic) bond motifs is 1. The Morgan fingerprint density at radius 2 is 1.95 bits per heavy atom. The number of imidazole rings is 1. The van der Waals surface area contributed by atoms with Gasteiger partial charge in [-0.2, -0.15) is 0 Å². The van der Waals surface area contributed by atoms with Gasteiger partial charge in [-0.1, -0.05) is 39.8 Å². The number of aromatic nitrogens is 2. The molecule has 0 amide bonds. The molecule has 0 radical (unpaired) electrons. The van der Waals surface area contributed by atoms with Crippen molar-refractivity contribution in [2.24, 2.45) is 11.1 Å². The minimum Gasteiger partial charge on any atom is -0.328 e. The summed E-state index contributed by atoms with van der Waals surface area (Å²) in [5.74, 6) is 1.16. The highest BCUT2D eigenvalue weighted by Gasteiger charge is 2.28. The Morgan fingerprint density at radius 1 is 1.26 bits per heavy atom. The van der Waals surface area contributed by atoms with Crippen LogP contribution in [0.15, 0.2) is 24.3 Å². The molecule has 1 unspecified atom stereocenters. The van der Waals surface area contributed by atoms with Crippen LogP contribution in [0.2, 0.25) is 0 Å². The van der Waals surface area contributed by atoms with Crippen molar-refractivity contribution < 1.29 is 0 Å². The third-order valence-electron chi connectivity index (χ3n) is 3.68.